The molecule has 27 heavy (non-hydrogen) atoms. The molecule has 1 atom stereocenters. The lowest BCUT2D eigenvalue weighted by atomic mass is 10.2. The van der Waals surface area contributed by atoms with Crippen LogP contribution in [0.2, 0.25) is 0 Å². The molecule has 2 aromatic carbocycles. The molecule has 1 aliphatic heterocycles. The van der Waals surface area contributed by atoms with Gasteiger partial charge in [0.15, 0.2) is 5.49 Å². The highest BCUT2D eigenvalue weighted by atomic mass is 16.2. The lowest BCUT2D eigenvalue weighted by molar-refractivity contribution is -0.116. The van der Waals surface area contributed by atoms with Gasteiger partial charge in [0.05, 0.1) is 0 Å². The number of hydrogen-bond acceptors (Lipinski definition) is 4. The van der Waals surface area contributed by atoms with Crippen molar-refractivity contribution in [3.63, 3.8) is 0 Å². The largest absolute Gasteiger partial charge is 0.364 e. The van der Waals surface area contributed by atoms with E-state index in [2.05, 4.69) is 15.6 Å². The van der Waals surface area contributed by atoms with Crippen LogP contribution in [-0.2, 0) is 18.4 Å². The summed E-state index contributed by atoms with van der Waals surface area (Å²) in [7, 11) is 1.66. The molecular formula is C20H19N5O2. The molecule has 2 N–H and O–H groups in total. The molecule has 0 bridgehead atoms. The number of para-hydroxylation sites is 1. The highest BCUT2D eigenvalue weighted by molar-refractivity contribution is 5.90. The Labute approximate surface area is 155 Å². The van der Waals surface area contributed by atoms with Crippen LogP contribution in [0.3, 0.4) is 0 Å². The van der Waals surface area contributed by atoms with Crippen LogP contribution in [0.4, 0.5) is 5.69 Å². The molecule has 1 amide bonds. The predicted octanol–water partition coefficient (Wildman–Crippen LogP) is 0.485. The van der Waals surface area contributed by atoms with Crippen LogP contribution in [-0.4, -0.2) is 15.0 Å². The first-order valence-electron chi connectivity index (χ1n) is 8.63. The second-order valence-electron chi connectivity index (χ2n) is 6.30. The van der Waals surface area contributed by atoms with Crippen molar-refractivity contribution in [1.82, 2.24) is 14.5 Å². The van der Waals surface area contributed by atoms with Gasteiger partial charge in [0.2, 0.25) is 5.91 Å². The maximum atomic E-state index is 12.6. The molecule has 7 heteroatoms. The summed E-state index contributed by atoms with van der Waals surface area (Å²) >= 11 is 0. The van der Waals surface area contributed by atoms with Crippen LogP contribution >= 0.6 is 0 Å². The standard InChI is InChI=1S/C20H19N5O2/c1-24-19-16(12-21-18(23-19)14-8-4-2-5-9-14)25(20(24)27)13-17(26)22-15-10-6-3-7-11-15/h2-12,18,21H,13H2,1H3,(H,22,26). The summed E-state index contributed by atoms with van der Waals surface area (Å²) in [5, 5.41) is 6.59. The molecule has 0 spiro atoms. The number of nitrogens with zero attached hydrogens (tertiary/aromatic N) is 3. The predicted molar refractivity (Wildman–Crippen MR) is 102 cm³/mol. The smallest absolute Gasteiger partial charge is 0.330 e. The summed E-state index contributed by atoms with van der Waals surface area (Å²) < 4.78 is 2.89. The fraction of sp³-hybridized carbons (Fsp3) is 0.150. The molecule has 0 fully saturated rings. The SMILES string of the molecule is Cn1c2c(n(CC(=O)Nc3ccccc3)c1=O)=CNC(c1ccccc1)N=2. The Bertz CT molecular complexity index is 1150. The minimum absolute atomic E-state index is 0.0827. The van der Waals surface area contributed by atoms with Gasteiger partial charge in [0.25, 0.3) is 0 Å². The van der Waals surface area contributed by atoms with Gasteiger partial charge in [-0.15, -0.1) is 0 Å². The average Bonchev–Trinajstić information content (AvgIpc) is 2.94. The molecule has 136 valence electrons. The molecule has 0 aliphatic carbocycles. The lowest BCUT2D eigenvalue weighted by Gasteiger charge is -2.15. The fourth-order valence-electron chi connectivity index (χ4n) is 3.10. The molecule has 1 unspecified atom stereocenters. The second kappa shape index (κ2) is 6.95. The third kappa shape index (κ3) is 3.27. The average molecular weight is 361 g/mol. The normalized spacial score (nSPS) is 15.1. The zero-order valence-corrected chi connectivity index (χ0v) is 14.8. The third-order valence-corrected chi connectivity index (χ3v) is 4.46. The highest BCUT2D eigenvalue weighted by Gasteiger charge is 2.18. The molecule has 1 aromatic heterocycles. The number of imidazole rings is 1. The Morgan fingerprint density at radius 2 is 1.78 bits per heavy atom. The molecule has 0 saturated carbocycles. The van der Waals surface area contributed by atoms with E-state index >= 15 is 0 Å². The van der Waals surface area contributed by atoms with Gasteiger partial charge in [0.1, 0.15) is 18.1 Å². The van der Waals surface area contributed by atoms with Crippen molar-refractivity contribution in [1.29, 1.82) is 0 Å². The Hall–Kier alpha value is -3.61. The number of nitrogens with one attached hydrogen (secondary N) is 2. The van der Waals surface area contributed by atoms with E-state index in [9.17, 15) is 9.59 Å². The summed E-state index contributed by atoms with van der Waals surface area (Å²) in [6.45, 7) is -0.0827. The first-order valence-corrected chi connectivity index (χ1v) is 8.63. The number of amides is 1. The van der Waals surface area contributed by atoms with Gasteiger partial charge < -0.3 is 10.6 Å². The van der Waals surface area contributed by atoms with Gasteiger partial charge in [-0.2, -0.15) is 0 Å². The van der Waals surface area contributed by atoms with Gasteiger partial charge in [-0.25, -0.2) is 9.79 Å². The monoisotopic (exact) mass is 361 g/mol. The van der Waals surface area contributed by atoms with E-state index in [-0.39, 0.29) is 24.3 Å². The van der Waals surface area contributed by atoms with Crippen LogP contribution in [0.5, 0.6) is 0 Å². The van der Waals surface area contributed by atoms with E-state index in [4.69, 9.17) is 0 Å². The number of fused-ring (bicyclic) bond motifs is 1. The maximum Gasteiger partial charge on any atom is 0.330 e. The Morgan fingerprint density at radius 1 is 1.11 bits per heavy atom. The van der Waals surface area contributed by atoms with Gasteiger partial charge >= 0.3 is 5.69 Å². The van der Waals surface area contributed by atoms with E-state index < -0.39 is 0 Å². The number of anilines is 1. The van der Waals surface area contributed by atoms with Gasteiger partial charge in [-0.05, 0) is 17.7 Å². The van der Waals surface area contributed by atoms with Crippen LogP contribution in [0.15, 0.2) is 70.5 Å². The van der Waals surface area contributed by atoms with Crippen molar-refractivity contribution in [3.8, 4) is 0 Å². The number of benzene rings is 2. The molecule has 0 saturated heterocycles. The number of hydrogen-bond donors (Lipinski definition) is 2. The van der Waals surface area contributed by atoms with E-state index in [1.54, 1.807) is 25.4 Å². The number of carbonyl (C=O) groups is 1. The van der Waals surface area contributed by atoms with Crippen molar-refractivity contribution >= 4 is 17.8 Å². The number of aromatic nitrogens is 2. The van der Waals surface area contributed by atoms with Crippen LogP contribution in [0, 0.1) is 0 Å². The minimum Gasteiger partial charge on any atom is -0.364 e. The van der Waals surface area contributed by atoms with Crippen LogP contribution in [0.25, 0.3) is 6.20 Å². The van der Waals surface area contributed by atoms with Crippen LogP contribution in [0.1, 0.15) is 11.7 Å². The molecular weight excluding hydrogens is 342 g/mol. The molecule has 4 rings (SSSR count). The number of carbonyl (C=O) groups excluding carboxylic acids is 1. The van der Waals surface area contributed by atoms with Gasteiger partial charge in [0, 0.05) is 18.9 Å². The van der Waals surface area contributed by atoms with E-state index in [1.807, 2.05) is 48.5 Å². The summed E-state index contributed by atoms with van der Waals surface area (Å²) in [5.41, 5.74) is 1.97. The second-order valence-corrected chi connectivity index (χ2v) is 6.30. The van der Waals surface area contributed by atoms with Crippen molar-refractivity contribution < 1.29 is 4.79 Å². The molecule has 1 aliphatic rings. The van der Waals surface area contributed by atoms with Gasteiger partial charge in [-0.1, -0.05) is 48.5 Å². The first-order chi connectivity index (χ1) is 13.1. The summed E-state index contributed by atoms with van der Waals surface area (Å²) in [6, 6.07) is 18.9. The fourth-order valence-corrected chi connectivity index (χ4v) is 3.10. The molecule has 7 nitrogen and oxygen atoms in total. The lowest BCUT2D eigenvalue weighted by Crippen LogP contribution is -2.41. The van der Waals surface area contributed by atoms with Crippen molar-refractivity contribution in [2.24, 2.45) is 12.0 Å². The maximum absolute atomic E-state index is 12.6. The summed E-state index contributed by atoms with van der Waals surface area (Å²) in [4.78, 5) is 29.7. The molecule has 3 aromatic rings. The zero-order valence-electron chi connectivity index (χ0n) is 14.8. The van der Waals surface area contributed by atoms with Crippen molar-refractivity contribution in [2.75, 3.05) is 5.32 Å². The Morgan fingerprint density at radius 3 is 2.48 bits per heavy atom. The van der Waals surface area contributed by atoms with Crippen molar-refractivity contribution in [2.45, 2.75) is 12.7 Å². The van der Waals surface area contributed by atoms with Gasteiger partial charge in [-0.3, -0.25) is 13.9 Å². The topological polar surface area (TPSA) is 80.4 Å². The summed E-state index contributed by atoms with van der Waals surface area (Å²) in [5.74, 6) is -0.268. The minimum atomic E-state index is -0.279. The molecule has 0 radical (unpaired) electrons. The Balaban J connectivity index is 1.65. The number of rotatable bonds is 4. The van der Waals surface area contributed by atoms with E-state index in [1.165, 1.54) is 9.13 Å². The first kappa shape index (κ1) is 16.8. The van der Waals surface area contributed by atoms with Crippen molar-refractivity contribution in [3.05, 3.63) is 87.5 Å². The van der Waals surface area contributed by atoms with E-state index in [0.717, 1.165) is 5.56 Å². The Kier molecular flexibility index (Phi) is 4.33. The quantitative estimate of drug-likeness (QED) is 0.710. The zero-order chi connectivity index (χ0) is 18.8. The third-order valence-electron chi connectivity index (χ3n) is 4.46. The summed E-state index contributed by atoms with van der Waals surface area (Å²) in [6.07, 6.45) is 1.48. The van der Waals surface area contributed by atoms with E-state index in [0.29, 0.717) is 16.5 Å². The molecule has 2 heterocycles. The van der Waals surface area contributed by atoms with Crippen LogP contribution < -0.4 is 27.2 Å². The highest BCUT2D eigenvalue weighted by Crippen LogP contribution is 2.13.